The van der Waals surface area contributed by atoms with Crippen LogP contribution in [0.5, 0.6) is 0 Å². The molecule has 0 aliphatic heterocycles. The van der Waals surface area contributed by atoms with E-state index in [9.17, 15) is 5.11 Å². The Labute approximate surface area is 82.1 Å². The number of rotatable bonds is 7. The smallest absolute Gasteiger partial charge is 0.0791 e. The van der Waals surface area contributed by atoms with Crippen LogP contribution in [0.25, 0.3) is 0 Å². The van der Waals surface area contributed by atoms with E-state index in [2.05, 4.69) is 31.1 Å². The molecule has 0 bridgehead atoms. The molecule has 0 aliphatic rings. The first-order valence-electron chi connectivity index (χ1n) is 5.14. The topological polar surface area (TPSA) is 35.5 Å². The maximum atomic E-state index is 9.53. The largest absolute Gasteiger partial charge is 0.390 e. The number of nitrogens with one attached hydrogen (secondary N) is 1. The molecule has 2 unspecified atom stereocenters. The van der Waals surface area contributed by atoms with E-state index >= 15 is 0 Å². The second-order valence-electron chi connectivity index (χ2n) is 3.79. The van der Waals surface area contributed by atoms with Crippen molar-refractivity contribution in [3.05, 3.63) is 0 Å². The molecule has 0 aromatic rings. The Kier molecular flexibility index (Phi) is 7.23. The third-order valence-corrected chi connectivity index (χ3v) is 2.40. The average molecular weight is 188 g/mol. The maximum Gasteiger partial charge on any atom is 0.0791 e. The summed E-state index contributed by atoms with van der Waals surface area (Å²) in [6.07, 6.45) is 2.14. The van der Waals surface area contributed by atoms with Crippen LogP contribution < -0.4 is 5.32 Å². The van der Waals surface area contributed by atoms with Crippen LogP contribution in [0, 0.1) is 0 Å². The van der Waals surface area contributed by atoms with Gasteiger partial charge in [-0.3, -0.25) is 0 Å². The number of nitrogens with zero attached hydrogens (tertiary/aromatic N) is 1. The average Bonchev–Trinajstić information content (AvgIpc) is 2.05. The van der Waals surface area contributed by atoms with E-state index in [1.54, 1.807) is 0 Å². The van der Waals surface area contributed by atoms with Gasteiger partial charge in [-0.1, -0.05) is 13.3 Å². The Morgan fingerprint density at radius 3 is 2.54 bits per heavy atom. The van der Waals surface area contributed by atoms with E-state index in [-0.39, 0.29) is 6.10 Å². The zero-order valence-electron chi connectivity index (χ0n) is 9.38. The van der Waals surface area contributed by atoms with Crippen LogP contribution >= 0.6 is 0 Å². The van der Waals surface area contributed by atoms with E-state index in [4.69, 9.17) is 0 Å². The molecular weight excluding hydrogens is 164 g/mol. The van der Waals surface area contributed by atoms with Crippen LogP contribution in [0.15, 0.2) is 0 Å². The zero-order chi connectivity index (χ0) is 10.3. The normalized spacial score (nSPS) is 16.2. The molecule has 0 aromatic carbocycles. The number of likely N-dealkylation sites (N-methyl/N-ethyl adjacent to an activating group) is 2. The van der Waals surface area contributed by atoms with Gasteiger partial charge >= 0.3 is 0 Å². The summed E-state index contributed by atoms with van der Waals surface area (Å²) in [5.41, 5.74) is 0. The first-order valence-corrected chi connectivity index (χ1v) is 5.14. The van der Waals surface area contributed by atoms with E-state index in [1.165, 1.54) is 12.8 Å². The van der Waals surface area contributed by atoms with Crippen LogP contribution in [0.4, 0.5) is 0 Å². The minimum atomic E-state index is -0.255. The van der Waals surface area contributed by atoms with Crippen LogP contribution in [0.1, 0.15) is 26.7 Å². The van der Waals surface area contributed by atoms with Gasteiger partial charge in [0.05, 0.1) is 6.10 Å². The van der Waals surface area contributed by atoms with Crippen molar-refractivity contribution in [3.8, 4) is 0 Å². The predicted molar refractivity (Wildman–Crippen MR) is 56.9 cm³/mol. The Hall–Kier alpha value is -0.120. The molecule has 13 heavy (non-hydrogen) atoms. The quantitative estimate of drug-likeness (QED) is 0.617. The van der Waals surface area contributed by atoms with E-state index in [0.29, 0.717) is 12.6 Å². The Bertz CT molecular complexity index is 119. The number of hydrogen-bond acceptors (Lipinski definition) is 3. The minimum Gasteiger partial charge on any atom is -0.390 e. The summed E-state index contributed by atoms with van der Waals surface area (Å²) < 4.78 is 0. The second-order valence-corrected chi connectivity index (χ2v) is 3.79. The summed E-state index contributed by atoms with van der Waals surface area (Å²) in [4.78, 5) is 2.21. The molecule has 0 heterocycles. The van der Waals surface area contributed by atoms with E-state index in [1.807, 2.05) is 7.05 Å². The summed E-state index contributed by atoms with van der Waals surface area (Å²) in [5.74, 6) is 0. The van der Waals surface area contributed by atoms with Crippen molar-refractivity contribution in [2.75, 3.05) is 27.2 Å². The van der Waals surface area contributed by atoms with Gasteiger partial charge in [0.1, 0.15) is 0 Å². The highest BCUT2D eigenvalue weighted by Gasteiger charge is 2.11. The van der Waals surface area contributed by atoms with Gasteiger partial charge in [-0.15, -0.1) is 0 Å². The molecule has 80 valence electrons. The van der Waals surface area contributed by atoms with Gasteiger partial charge in [0.25, 0.3) is 0 Å². The van der Waals surface area contributed by atoms with Crippen LogP contribution in [0.2, 0.25) is 0 Å². The third kappa shape index (κ3) is 6.02. The highest BCUT2D eigenvalue weighted by Crippen LogP contribution is 2.04. The molecule has 3 heteroatoms. The lowest BCUT2D eigenvalue weighted by Crippen LogP contribution is -2.39. The molecule has 0 spiro atoms. The molecular formula is C10H24N2O. The lowest BCUT2D eigenvalue weighted by molar-refractivity contribution is 0.106. The molecule has 3 nitrogen and oxygen atoms in total. The van der Waals surface area contributed by atoms with Crippen molar-refractivity contribution in [2.24, 2.45) is 0 Å². The van der Waals surface area contributed by atoms with Gasteiger partial charge < -0.3 is 15.3 Å². The summed E-state index contributed by atoms with van der Waals surface area (Å²) in [6, 6.07) is 0.566. The molecule has 0 amide bonds. The minimum absolute atomic E-state index is 0.255. The zero-order valence-corrected chi connectivity index (χ0v) is 9.38. The van der Waals surface area contributed by atoms with Crippen LogP contribution in [-0.2, 0) is 0 Å². The second kappa shape index (κ2) is 7.30. The summed E-state index contributed by atoms with van der Waals surface area (Å²) in [6.45, 7) is 5.81. The summed E-state index contributed by atoms with van der Waals surface area (Å²) in [7, 11) is 3.93. The molecule has 0 saturated carbocycles. The van der Waals surface area contributed by atoms with Crippen LogP contribution in [-0.4, -0.2) is 49.3 Å². The fraction of sp³-hybridized carbons (Fsp3) is 1.00. The number of hydrogen-bond donors (Lipinski definition) is 2. The summed E-state index contributed by atoms with van der Waals surface area (Å²) in [5, 5.41) is 12.5. The van der Waals surface area contributed by atoms with Gasteiger partial charge in [0, 0.05) is 19.1 Å². The monoisotopic (exact) mass is 188 g/mol. The molecule has 0 fully saturated rings. The van der Waals surface area contributed by atoms with Gasteiger partial charge in [-0.2, -0.15) is 0 Å². The fourth-order valence-corrected chi connectivity index (χ4v) is 1.45. The number of aliphatic hydroxyl groups excluding tert-OH is 1. The lowest BCUT2D eigenvalue weighted by atomic mass is 10.1. The summed E-state index contributed by atoms with van der Waals surface area (Å²) >= 11 is 0. The molecule has 2 atom stereocenters. The standard InChI is InChI=1S/C10H24N2O/c1-5-6-9(2)12(4)8-10(13)7-11-3/h9-11,13H,5-8H2,1-4H3. The Morgan fingerprint density at radius 2 is 2.08 bits per heavy atom. The Morgan fingerprint density at radius 1 is 1.46 bits per heavy atom. The highest BCUT2D eigenvalue weighted by atomic mass is 16.3. The molecule has 0 aliphatic carbocycles. The number of aliphatic hydroxyl groups is 1. The SMILES string of the molecule is CCCC(C)N(C)CC(O)CNC. The van der Waals surface area contributed by atoms with E-state index < -0.39 is 0 Å². The molecule has 0 rings (SSSR count). The molecule has 0 saturated heterocycles. The van der Waals surface area contributed by atoms with Crippen molar-refractivity contribution in [2.45, 2.75) is 38.8 Å². The van der Waals surface area contributed by atoms with Gasteiger partial charge in [0.15, 0.2) is 0 Å². The lowest BCUT2D eigenvalue weighted by Gasteiger charge is -2.26. The predicted octanol–water partition coefficient (Wildman–Crippen LogP) is 0.687. The maximum absolute atomic E-state index is 9.53. The first-order chi connectivity index (χ1) is 6.11. The highest BCUT2D eigenvalue weighted by molar-refractivity contribution is 4.68. The molecule has 0 radical (unpaired) electrons. The van der Waals surface area contributed by atoms with Crippen molar-refractivity contribution in [3.63, 3.8) is 0 Å². The van der Waals surface area contributed by atoms with Gasteiger partial charge in [-0.05, 0) is 27.4 Å². The first kappa shape index (κ1) is 12.9. The Balaban J connectivity index is 3.64. The molecule has 2 N–H and O–H groups in total. The third-order valence-electron chi connectivity index (χ3n) is 2.40. The van der Waals surface area contributed by atoms with E-state index in [0.717, 1.165) is 6.54 Å². The van der Waals surface area contributed by atoms with Crippen LogP contribution in [0.3, 0.4) is 0 Å². The van der Waals surface area contributed by atoms with Crippen molar-refractivity contribution >= 4 is 0 Å². The van der Waals surface area contributed by atoms with Gasteiger partial charge in [0.2, 0.25) is 0 Å². The van der Waals surface area contributed by atoms with Crippen molar-refractivity contribution in [1.29, 1.82) is 0 Å². The van der Waals surface area contributed by atoms with Crippen molar-refractivity contribution < 1.29 is 5.11 Å². The fourth-order valence-electron chi connectivity index (χ4n) is 1.45. The van der Waals surface area contributed by atoms with Crippen molar-refractivity contribution in [1.82, 2.24) is 10.2 Å². The van der Waals surface area contributed by atoms with Gasteiger partial charge in [-0.25, -0.2) is 0 Å². The molecule has 0 aromatic heterocycles.